The molecule has 8 nitrogen and oxygen atoms in total. The fourth-order valence-electron chi connectivity index (χ4n) is 5.49. The molecule has 0 heterocycles. The molecule has 4 unspecified atom stereocenters. The van der Waals surface area contributed by atoms with Crippen molar-refractivity contribution in [3.63, 3.8) is 0 Å². The summed E-state index contributed by atoms with van der Waals surface area (Å²) in [6, 6.07) is -0.0328. The zero-order valence-electron chi connectivity index (χ0n) is 24.3. The van der Waals surface area contributed by atoms with Crippen molar-refractivity contribution in [1.82, 2.24) is 10.6 Å². The minimum atomic E-state index is -0.543. The molecule has 37 heavy (non-hydrogen) atoms. The number of nitrogens with one attached hydrogen (secondary N) is 2. The van der Waals surface area contributed by atoms with Crippen molar-refractivity contribution in [3.8, 4) is 0 Å². The van der Waals surface area contributed by atoms with Crippen molar-refractivity contribution in [2.45, 2.75) is 118 Å². The highest BCUT2D eigenvalue weighted by Gasteiger charge is 2.42. The lowest BCUT2D eigenvalue weighted by atomic mass is 9.62. The van der Waals surface area contributed by atoms with Crippen LogP contribution in [0.15, 0.2) is 12.2 Å². The van der Waals surface area contributed by atoms with Gasteiger partial charge in [0.05, 0.1) is 0 Å². The van der Waals surface area contributed by atoms with Crippen LogP contribution in [0.2, 0.25) is 0 Å². The van der Waals surface area contributed by atoms with Gasteiger partial charge in [-0.05, 0) is 62.2 Å². The Morgan fingerprint density at radius 1 is 0.973 bits per heavy atom. The summed E-state index contributed by atoms with van der Waals surface area (Å²) >= 11 is 0. The van der Waals surface area contributed by atoms with Crippen LogP contribution in [0, 0.1) is 16.7 Å². The van der Waals surface area contributed by atoms with Gasteiger partial charge in [-0.25, -0.2) is 14.4 Å². The molecule has 0 saturated heterocycles. The Morgan fingerprint density at radius 2 is 1.68 bits per heavy atom. The predicted octanol–water partition coefficient (Wildman–Crippen LogP) is 6.53. The maximum atomic E-state index is 12.4. The smallest absolute Gasteiger partial charge is 0.407 e. The van der Waals surface area contributed by atoms with E-state index in [1.807, 2.05) is 13.0 Å². The predicted molar refractivity (Wildman–Crippen MR) is 146 cm³/mol. The van der Waals surface area contributed by atoms with Crippen LogP contribution in [0.5, 0.6) is 0 Å². The topological polar surface area (TPSA) is 103 Å². The number of alkyl carbamates (subject to hydrolysis) is 2. The van der Waals surface area contributed by atoms with E-state index in [1.165, 1.54) is 6.08 Å². The number of carbonyl (C=O) groups is 3. The normalized spacial score (nSPS) is 22.6. The van der Waals surface area contributed by atoms with Crippen molar-refractivity contribution in [2.75, 3.05) is 19.8 Å². The summed E-state index contributed by atoms with van der Waals surface area (Å²) in [7, 11) is 0. The lowest BCUT2D eigenvalue weighted by Crippen LogP contribution is -2.50. The Bertz CT molecular complexity index is 738. The minimum absolute atomic E-state index is 0.00000973. The highest BCUT2D eigenvalue weighted by molar-refractivity contribution is 5.81. The van der Waals surface area contributed by atoms with Gasteiger partial charge in [0.25, 0.3) is 0 Å². The van der Waals surface area contributed by atoms with Crippen LogP contribution in [0.3, 0.4) is 0 Å². The number of carbonyl (C=O) groups excluding carboxylic acids is 3. The van der Waals surface area contributed by atoms with E-state index in [0.717, 1.165) is 57.8 Å². The Balaban J connectivity index is 2.43. The summed E-state index contributed by atoms with van der Waals surface area (Å²) in [5, 5.41) is 5.90. The molecule has 0 spiro atoms. The number of rotatable bonds is 15. The van der Waals surface area contributed by atoms with E-state index in [9.17, 15) is 14.4 Å². The van der Waals surface area contributed by atoms with Gasteiger partial charge in [-0.15, -0.1) is 0 Å². The Kier molecular flexibility index (Phi) is 14.7. The molecule has 0 aromatic carbocycles. The lowest BCUT2D eigenvalue weighted by molar-refractivity contribution is -0.138. The van der Waals surface area contributed by atoms with Crippen molar-refractivity contribution < 1.29 is 28.6 Å². The number of esters is 1. The maximum Gasteiger partial charge on any atom is 0.407 e. The van der Waals surface area contributed by atoms with Crippen molar-refractivity contribution in [3.05, 3.63) is 12.2 Å². The molecule has 2 amide bonds. The molecule has 0 radical (unpaired) electrons. The SMILES string of the molecule is CCCCC(C)OC(=O)NC1CC(C)(C)CC(C)(CNC(=O)OCCOC(=O)/C=C\C(CC)CCC)C1. The van der Waals surface area contributed by atoms with Gasteiger partial charge >= 0.3 is 18.2 Å². The van der Waals surface area contributed by atoms with Gasteiger partial charge in [-0.2, -0.15) is 0 Å². The molecule has 0 aliphatic heterocycles. The average Bonchev–Trinajstić information content (AvgIpc) is 2.80. The highest BCUT2D eigenvalue weighted by Crippen LogP contribution is 2.45. The fraction of sp³-hybridized carbons (Fsp3) is 0.828. The average molecular weight is 525 g/mol. The van der Waals surface area contributed by atoms with E-state index in [-0.39, 0.29) is 42.3 Å². The van der Waals surface area contributed by atoms with Crippen molar-refractivity contribution in [1.29, 1.82) is 0 Å². The first-order chi connectivity index (χ1) is 17.4. The number of amides is 2. The van der Waals surface area contributed by atoms with E-state index in [0.29, 0.717) is 12.5 Å². The first-order valence-corrected chi connectivity index (χ1v) is 14.1. The van der Waals surface area contributed by atoms with Gasteiger partial charge in [-0.3, -0.25) is 0 Å². The molecule has 0 aromatic rings. The van der Waals surface area contributed by atoms with Crippen LogP contribution in [0.1, 0.15) is 106 Å². The molecule has 1 aliphatic rings. The summed E-state index contributed by atoms with van der Waals surface area (Å²) in [6.45, 7) is 15.2. The molecular formula is C29H52N2O6. The van der Waals surface area contributed by atoms with Gasteiger partial charge in [0.1, 0.15) is 19.3 Å². The largest absolute Gasteiger partial charge is 0.459 e. The third-order valence-electron chi connectivity index (χ3n) is 6.95. The van der Waals surface area contributed by atoms with Gasteiger partial charge < -0.3 is 24.8 Å². The molecule has 1 aliphatic carbocycles. The summed E-state index contributed by atoms with van der Waals surface area (Å²) < 4.78 is 15.8. The molecule has 1 fully saturated rings. The van der Waals surface area contributed by atoms with Crippen LogP contribution < -0.4 is 10.6 Å². The Labute approximate surface area is 224 Å². The first kappa shape index (κ1) is 32.8. The monoisotopic (exact) mass is 524 g/mol. The fourth-order valence-corrected chi connectivity index (χ4v) is 5.49. The lowest BCUT2D eigenvalue weighted by Gasteiger charge is -2.46. The van der Waals surface area contributed by atoms with Crippen molar-refractivity contribution in [2.24, 2.45) is 16.7 Å². The Morgan fingerprint density at radius 3 is 2.32 bits per heavy atom. The summed E-state index contributed by atoms with van der Waals surface area (Å²) in [6.07, 6.45) is 10.9. The third kappa shape index (κ3) is 14.3. The Hall–Kier alpha value is -2.25. The van der Waals surface area contributed by atoms with Crippen LogP contribution in [0.4, 0.5) is 9.59 Å². The molecule has 2 N–H and O–H groups in total. The summed E-state index contributed by atoms with van der Waals surface area (Å²) in [4.78, 5) is 36.5. The van der Waals surface area contributed by atoms with E-state index in [2.05, 4.69) is 52.2 Å². The molecule has 4 atom stereocenters. The van der Waals surface area contributed by atoms with Crippen LogP contribution in [-0.2, 0) is 19.0 Å². The van der Waals surface area contributed by atoms with E-state index < -0.39 is 12.1 Å². The number of hydrogen-bond acceptors (Lipinski definition) is 6. The molecule has 1 saturated carbocycles. The standard InChI is InChI=1S/C29H52N2O6/c1-8-11-13-22(4)37-27(34)31-24-18-28(5,6)20-29(7,19-24)21-30-26(33)36-17-16-35-25(32)15-14-23(10-3)12-9-2/h14-15,22-24H,8-13,16-21H2,1-7H3,(H,30,33)(H,31,34)/b15-14-. The minimum Gasteiger partial charge on any atom is -0.459 e. The molecule has 0 aromatic heterocycles. The zero-order valence-corrected chi connectivity index (χ0v) is 24.3. The zero-order chi connectivity index (χ0) is 27.9. The number of hydrogen-bond donors (Lipinski definition) is 2. The van der Waals surface area contributed by atoms with Gasteiger partial charge in [0.15, 0.2) is 0 Å². The van der Waals surface area contributed by atoms with Crippen LogP contribution in [-0.4, -0.2) is 50.1 Å². The van der Waals surface area contributed by atoms with E-state index in [1.54, 1.807) is 0 Å². The van der Waals surface area contributed by atoms with Gasteiger partial charge in [-0.1, -0.05) is 66.9 Å². The second-order valence-electron chi connectivity index (χ2n) is 11.7. The molecule has 1 rings (SSSR count). The van der Waals surface area contributed by atoms with Crippen LogP contribution in [0.25, 0.3) is 0 Å². The van der Waals surface area contributed by atoms with Gasteiger partial charge in [0.2, 0.25) is 0 Å². The quantitative estimate of drug-likeness (QED) is 0.109. The second-order valence-corrected chi connectivity index (χ2v) is 11.7. The number of ether oxygens (including phenoxy) is 3. The van der Waals surface area contributed by atoms with Gasteiger partial charge in [0, 0.05) is 18.7 Å². The molecule has 0 bridgehead atoms. The maximum absolute atomic E-state index is 12.4. The second kappa shape index (κ2) is 16.6. The molecule has 214 valence electrons. The number of unbranched alkanes of at least 4 members (excludes halogenated alkanes) is 1. The summed E-state index contributed by atoms with van der Waals surface area (Å²) in [5.41, 5.74) is -0.210. The summed E-state index contributed by atoms with van der Waals surface area (Å²) in [5.74, 6) is -0.0483. The van der Waals surface area contributed by atoms with Crippen LogP contribution >= 0.6 is 0 Å². The molecule has 8 heteroatoms. The van der Waals surface area contributed by atoms with Crippen molar-refractivity contribution >= 4 is 18.2 Å². The van der Waals surface area contributed by atoms with E-state index >= 15 is 0 Å². The molecular weight excluding hydrogens is 472 g/mol. The first-order valence-electron chi connectivity index (χ1n) is 14.1. The third-order valence-corrected chi connectivity index (χ3v) is 6.95. The van der Waals surface area contributed by atoms with E-state index in [4.69, 9.17) is 14.2 Å². The number of allylic oxidation sites excluding steroid dienone is 1. The highest BCUT2D eigenvalue weighted by atomic mass is 16.6.